The molecule has 1 unspecified atom stereocenters. The molecule has 1 atom stereocenters. The third-order valence-electron chi connectivity index (χ3n) is 3.30. The number of nitrogens with zero attached hydrogens (tertiary/aromatic N) is 3. The molecule has 2 amide bonds. The Morgan fingerprint density at radius 3 is 2.78 bits per heavy atom. The molecule has 2 N–H and O–H groups in total. The molecule has 0 saturated carbocycles. The molecular formula is C15H21N5O2S. The van der Waals surface area contributed by atoms with E-state index in [4.69, 9.17) is 4.74 Å². The third-order valence-corrected chi connectivity index (χ3v) is 4.06. The van der Waals surface area contributed by atoms with Gasteiger partial charge in [-0.2, -0.15) is 0 Å². The lowest BCUT2D eigenvalue weighted by atomic mass is 10.1. The van der Waals surface area contributed by atoms with E-state index in [9.17, 15) is 4.79 Å². The lowest BCUT2D eigenvalue weighted by Gasteiger charge is -2.25. The van der Waals surface area contributed by atoms with E-state index >= 15 is 0 Å². The van der Waals surface area contributed by atoms with Crippen LogP contribution in [-0.4, -0.2) is 48.9 Å². The van der Waals surface area contributed by atoms with E-state index in [1.54, 1.807) is 7.11 Å². The van der Waals surface area contributed by atoms with Crippen molar-refractivity contribution in [1.29, 1.82) is 0 Å². The van der Waals surface area contributed by atoms with Crippen molar-refractivity contribution in [2.75, 3.05) is 33.1 Å². The summed E-state index contributed by atoms with van der Waals surface area (Å²) in [5.74, 6) is 0.795. The summed E-state index contributed by atoms with van der Waals surface area (Å²) in [7, 11) is 5.58. The zero-order valence-electron chi connectivity index (χ0n) is 13.7. The van der Waals surface area contributed by atoms with Crippen molar-refractivity contribution in [3.8, 4) is 5.75 Å². The molecule has 0 bridgehead atoms. The fourth-order valence-corrected chi connectivity index (χ4v) is 2.71. The molecule has 124 valence electrons. The molecule has 2 rings (SSSR count). The number of ether oxygens (including phenoxy) is 1. The van der Waals surface area contributed by atoms with Gasteiger partial charge in [-0.15, -0.1) is 10.2 Å². The number of benzene rings is 1. The van der Waals surface area contributed by atoms with Crippen molar-refractivity contribution in [3.05, 3.63) is 34.8 Å². The van der Waals surface area contributed by atoms with Gasteiger partial charge < -0.3 is 15.0 Å². The van der Waals surface area contributed by atoms with Crippen LogP contribution in [0.5, 0.6) is 5.75 Å². The van der Waals surface area contributed by atoms with Crippen LogP contribution in [0.2, 0.25) is 0 Å². The van der Waals surface area contributed by atoms with Crippen molar-refractivity contribution < 1.29 is 9.53 Å². The van der Waals surface area contributed by atoms with E-state index in [1.807, 2.05) is 50.2 Å². The zero-order valence-corrected chi connectivity index (χ0v) is 14.5. The molecule has 0 radical (unpaired) electrons. The van der Waals surface area contributed by atoms with Crippen LogP contribution >= 0.6 is 11.3 Å². The van der Waals surface area contributed by atoms with Gasteiger partial charge in [0.1, 0.15) is 10.8 Å². The molecule has 0 spiro atoms. The summed E-state index contributed by atoms with van der Waals surface area (Å²) in [6.45, 7) is 2.30. The molecule has 7 nitrogen and oxygen atoms in total. The van der Waals surface area contributed by atoms with Crippen molar-refractivity contribution >= 4 is 22.5 Å². The number of aromatic nitrogens is 2. The van der Waals surface area contributed by atoms with Crippen molar-refractivity contribution in [1.82, 2.24) is 20.4 Å². The number of amides is 2. The van der Waals surface area contributed by atoms with E-state index in [1.165, 1.54) is 11.3 Å². The number of likely N-dealkylation sites (N-methyl/N-ethyl adjacent to an activating group) is 1. The Labute approximate surface area is 139 Å². The highest BCUT2D eigenvalue weighted by atomic mass is 32.1. The summed E-state index contributed by atoms with van der Waals surface area (Å²) in [5, 5.41) is 14.6. The number of carbonyl (C=O) groups is 1. The Morgan fingerprint density at radius 1 is 1.39 bits per heavy atom. The molecule has 0 aliphatic carbocycles. The Bertz CT molecular complexity index is 659. The summed E-state index contributed by atoms with van der Waals surface area (Å²) < 4.78 is 5.26. The average Bonchev–Trinajstić information content (AvgIpc) is 2.92. The van der Waals surface area contributed by atoms with Gasteiger partial charge in [-0.1, -0.05) is 23.5 Å². The molecule has 1 aromatic heterocycles. The smallest absolute Gasteiger partial charge is 0.321 e. The molecule has 1 heterocycles. The largest absolute Gasteiger partial charge is 0.497 e. The maximum absolute atomic E-state index is 12.0. The first-order valence-corrected chi connectivity index (χ1v) is 7.96. The zero-order chi connectivity index (χ0) is 16.8. The van der Waals surface area contributed by atoms with Crippen LogP contribution < -0.4 is 15.4 Å². The second-order valence-corrected chi connectivity index (χ2v) is 6.40. The second-order valence-electron chi connectivity index (χ2n) is 5.22. The first-order valence-electron chi connectivity index (χ1n) is 7.15. The van der Waals surface area contributed by atoms with Gasteiger partial charge in [0.25, 0.3) is 0 Å². The van der Waals surface area contributed by atoms with E-state index in [2.05, 4.69) is 20.8 Å². The number of hydrogen-bond donors (Lipinski definition) is 2. The fourth-order valence-electron chi connectivity index (χ4n) is 2.13. The number of nitrogens with one attached hydrogen (secondary N) is 2. The number of urea groups is 1. The second kappa shape index (κ2) is 7.89. The number of rotatable bonds is 6. The van der Waals surface area contributed by atoms with Gasteiger partial charge in [0.2, 0.25) is 5.13 Å². The van der Waals surface area contributed by atoms with Crippen molar-refractivity contribution in [3.63, 3.8) is 0 Å². The molecule has 2 aromatic rings. The monoisotopic (exact) mass is 335 g/mol. The Kier molecular flexibility index (Phi) is 5.89. The SMILES string of the molecule is COc1cccc(C(CNC(=O)Nc2nnc(C)s2)N(C)C)c1. The lowest BCUT2D eigenvalue weighted by Crippen LogP contribution is -2.36. The Morgan fingerprint density at radius 2 is 2.17 bits per heavy atom. The fraction of sp³-hybridized carbons (Fsp3) is 0.400. The predicted octanol–water partition coefficient (Wildman–Crippen LogP) is 2.28. The maximum Gasteiger partial charge on any atom is 0.321 e. The standard InChI is InChI=1S/C15H21N5O2S/c1-10-18-19-15(23-10)17-14(21)16-9-13(20(2)3)11-6-5-7-12(8-11)22-4/h5-8,13H,9H2,1-4H3,(H2,16,17,19,21). The van der Waals surface area contributed by atoms with E-state index < -0.39 is 0 Å². The quantitative estimate of drug-likeness (QED) is 0.847. The summed E-state index contributed by atoms with van der Waals surface area (Å²) in [6, 6.07) is 7.56. The molecule has 0 aliphatic rings. The van der Waals surface area contributed by atoms with Gasteiger partial charge in [-0.3, -0.25) is 5.32 Å². The molecule has 8 heteroatoms. The van der Waals surface area contributed by atoms with Crippen molar-refractivity contribution in [2.45, 2.75) is 13.0 Å². The molecule has 0 aliphatic heterocycles. The molecule has 0 saturated heterocycles. The van der Waals surface area contributed by atoms with Crippen LogP contribution in [0.4, 0.5) is 9.93 Å². The van der Waals surface area contributed by atoms with E-state index in [-0.39, 0.29) is 12.1 Å². The Hall–Kier alpha value is -2.19. The van der Waals surface area contributed by atoms with Crippen LogP contribution in [-0.2, 0) is 0 Å². The molecule has 0 fully saturated rings. The maximum atomic E-state index is 12.0. The van der Waals surface area contributed by atoms with Crippen molar-refractivity contribution in [2.24, 2.45) is 0 Å². The highest BCUT2D eigenvalue weighted by molar-refractivity contribution is 7.15. The number of hydrogen-bond acceptors (Lipinski definition) is 6. The number of anilines is 1. The summed E-state index contributed by atoms with van der Waals surface area (Å²) in [4.78, 5) is 14.0. The highest BCUT2D eigenvalue weighted by Crippen LogP contribution is 2.22. The van der Waals surface area contributed by atoms with Crippen LogP contribution in [0.15, 0.2) is 24.3 Å². The molecular weight excluding hydrogens is 314 g/mol. The molecule has 23 heavy (non-hydrogen) atoms. The third kappa shape index (κ3) is 4.90. The average molecular weight is 335 g/mol. The summed E-state index contributed by atoms with van der Waals surface area (Å²) in [6.07, 6.45) is 0. The first kappa shape index (κ1) is 17.2. The van der Waals surface area contributed by atoms with Crippen LogP contribution in [0.1, 0.15) is 16.6 Å². The van der Waals surface area contributed by atoms with Gasteiger partial charge in [-0.05, 0) is 38.7 Å². The van der Waals surface area contributed by atoms with Gasteiger partial charge in [0, 0.05) is 6.54 Å². The first-order chi connectivity index (χ1) is 11.0. The summed E-state index contributed by atoms with van der Waals surface area (Å²) in [5.41, 5.74) is 1.07. The van der Waals surface area contributed by atoms with Crippen LogP contribution in [0.25, 0.3) is 0 Å². The minimum atomic E-state index is -0.295. The number of methoxy groups -OCH3 is 1. The highest BCUT2D eigenvalue weighted by Gasteiger charge is 2.16. The number of carbonyl (C=O) groups excluding carboxylic acids is 1. The van der Waals surface area contributed by atoms with Gasteiger partial charge in [0.15, 0.2) is 0 Å². The predicted molar refractivity (Wildman–Crippen MR) is 91.1 cm³/mol. The molecule has 1 aromatic carbocycles. The summed E-state index contributed by atoms with van der Waals surface area (Å²) >= 11 is 1.34. The lowest BCUT2D eigenvalue weighted by molar-refractivity contribution is 0.243. The topological polar surface area (TPSA) is 79.4 Å². The van der Waals surface area contributed by atoms with Gasteiger partial charge in [-0.25, -0.2) is 4.79 Å². The van der Waals surface area contributed by atoms with E-state index in [0.717, 1.165) is 16.3 Å². The minimum absolute atomic E-state index is 0.0343. The normalized spacial score (nSPS) is 12.0. The minimum Gasteiger partial charge on any atom is -0.497 e. The van der Waals surface area contributed by atoms with Gasteiger partial charge >= 0.3 is 6.03 Å². The Balaban J connectivity index is 1.98. The van der Waals surface area contributed by atoms with Crippen LogP contribution in [0.3, 0.4) is 0 Å². The number of aryl methyl sites for hydroxylation is 1. The van der Waals surface area contributed by atoms with Gasteiger partial charge in [0.05, 0.1) is 13.2 Å². The van der Waals surface area contributed by atoms with Crippen LogP contribution in [0, 0.1) is 6.92 Å². The van der Waals surface area contributed by atoms with E-state index in [0.29, 0.717) is 11.7 Å².